The Balaban J connectivity index is 1.77. The van der Waals surface area contributed by atoms with Gasteiger partial charge in [-0.1, -0.05) is 0 Å². The third-order valence-electron chi connectivity index (χ3n) is 3.45. The number of likely N-dealkylation sites (N-methyl/N-ethyl adjacent to an activating group) is 1. The molecule has 2 aromatic rings. The van der Waals surface area contributed by atoms with E-state index in [0.29, 0.717) is 16.1 Å². The van der Waals surface area contributed by atoms with Crippen LogP contribution in [0.5, 0.6) is 0 Å². The van der Waals surface area contributed by atoms with E-state index >= 15 is 0 Å². The first-order valence-electron chi connectivity index (χ1n) is 6.52. The van der Waals surface area contributed by atoms with Gasteiger partial charge in [0.25, 0.3) is 5.91 Å². The number of nitrogens with two attached hydrogens (primary N) is 1. The van der Waals surface area contributed by atoms with Gasteiger partial charge >= 0.3 is 0 Å². The largest absolute Gasteiger partial charge is 0.396 e. The van der Waals surface area contributed by atoms with Crippen molar-refractivity contribution in [3.8, 4) is 0 Å². The predicted octanol–water partition coefficient (Wildman–Crippen LogP) is 0.771. The number of anilines is 1. The molecule has 1 fully saturated rings. The molecule has 0 unspecified atom stereocenters. The van der Waals surface area contributed by atoms with Crippen LogP contribution in [0, 0.1) is 0 Å². The Kier molecular flexibility index (Phi) is 3.56. The number of hydrogen-bond acceptors (Lipinski definition) is 6. The smallest absolute Gasteiger partial charge is 0.277 e. The molecule has 20 heavy (non-hydrogen) atoms. The standard InChI is InChI=1S/C13H17N5OS/c1-17-5-7-18(8-6-17)16-13(19)12-10(14)11-9(20-12)3-2-4-15-11/h2-4H,5-8,14H2,1H3,(H,16,19). The summed E-state index contributed by atoms with van der Waals surface area (Å²) in [7, 11) is 2.08. The third-order valence-corrected chi connectivity index (χ3v) is 4.61. The van der Waals surface area contributed by atoms with E-state index < -0.39 is 0 Å². The van der Waals surface area contributed by atoms with Crippen molar-refractivity contribution in [2.75, 3.05) is 39.0 Å². The Hall–Kier alpha value is -1.70. The molecule has 0 spiro atoms. The Bertz CT molecular complexity index is 633. The lowest BCUT2D eigenvalue weighted by atomic mass is 10.3. The van der Waals surface area contributed by atoms with Gasteiger partial charge in [-0.3, -0.25) is 15.2 Å². The second kappa shape index (κ2) is 5.35. The van der Waals surface area contributed by atoms with Gasteiger partial charge in [-0.25, -0.2) is 5.01 Å². The van der Waals surface area contributed by atoms with Gasteiger partial charge in [-0.15, -0.1) is 11.3 Å². The number of hydrogen-bond donors (Lipinski definition) is 2. The van der Waals surface area contributed by atoms with Gasteiger partial charge in [0, 0.05) is 32.4 Å². The minimum absolute atomic E-state index is 0.143. The van der Waals surface area contributed by atoms with Gasteiger partial charge in [0.15, 0.2) is 0 Å². The molecule has 3 rings (SSSR count). The molecule has 0 bridgehead atoms. The Morgan fingerprint density at radius 2 is 2.15 bits per heavy atom. The second-order valence-corrected chi connectivity index (χ2v) is 5.98. The highest BCUT2D eigenvalue weighted by molar-refractivity contribution is 7.21. The third kappa shape index (κ3) is 2.47. The van der Waals surface area contributed by atoms with Crippen molar-refractivity contribution < 1.29 is 4.79 Å². The highest BCUT2D eigenvalue weighted by Crippen LogP contribution is 2.31. The zero-order valence-electron chi connectivity index (χ0n) is 11.3. The molecule has 3 N–H and O–H groups in total. The number of rotatable bonds is 2. The Morgan fingerprint density at radius 1 is 1.40 bits per heavy atom. The van der Waals surface area contributed by atoms with Crippen LogP contribution in [0.25, 0.3) is 10.2 Å². The highest BCUT2D eigenvalue weighted by atomic mass is 32.1. The van der Waals surface area contributed by atoms with Crippen molar-refractivity contribution in [1.29, 1.82) is 0 Å². The maximum Gasteiger partial charge on any atom is 0.277 e. The number of carbonyl (C=O) groups is 1. The summed E-state index contributed by atoms with van der Waals surface area (Å²) in [5, 5.41) is 1.94. The first-order chi connectivity index (χ1) is 9.65. The van der Waals surface area contributed by atoms with Gasteiger partial charge in [0.2, 0.25) is 0 Å². The summed E-state index contributed by atoms with van der Waals surface area (Å²) in [4.78, 5) is 19.3. The summed E-state index contributed by atoms with van der Waals surface area (Å²) in [6.07, 6.45) is 1.69. The number of thiophene rings is 1. The fourth-order valence-corrected chi connectivity index (χ4v) is 3.20. The number of piperazine rings is 1. The van der Waals surface area contributed by atoms with Crippen LogP contribution in [0.15, 0.2) is 18.3 Å². The van der Waals surface area contributed by atoms with Crippen LogP contribution >= 0.6 is 11.3 Å². The number of amides is 1. The molecular weight excluding hydrogens is 274 g/mol. The number of nitrogens with zero attached hydrogens (tertiary/aromatic N) is 3. The Morgan fingerprint density at radius 3 is 2.85 bits per heavy atom. The minimum atomic E-state index is -0.143. The summed E-state index contributed by atoms with van der Waals surface area (Å²) < 4.78 is 0.938. The lowest BCUT2D eigenvalue weighted by Crippen LogP contribution is -2.52. The molecule has 3 heterocycles. The molecule has 2 aromatic heterocycles. The highest BCUT2D eigenvalue weighted by Gasteiger charge is 2.21. The van der Waals surface area contributed by atoms with E-state index in [1.54, 1.807) is 6.20 Å². The van der Waals surface area contributed by atoms with E-state index in [1.165, 1.54) is 11.3 Å². The number of hydrazine groups is 1. The van der Waals surface area contributed by atoms with Crippen LogP contribution in [-0.2, 0) is 0 Å². The molecule has 0 saturated carbocycles. The number of carbonyl (C=O) groups excluding carboxylic acids is 1. The normalized spacial score (nSPS) is 17.4. The van der Waals surface area contributed by atoms with Crippen LogP contribution in [0.3, 0.4) is 0 Å². The van der Waals surface area contributed by atoms with Crippen molar-refractivity contribution in [1.82, 2.24) is 20.3 Å². The summed E-state index contributed by atoms with van der Waals surface area (Å²) in [5.74, 6) is -0.143. The molecule has 6 nitrogen and oxygen atoms in total. The second-order valence-electron chi connectivity index (χ2n) is 4.93. The quantitative estimate of drug-likeness (QED) is 0.855. The zero-order valence-corrected chi connectivity index (χ0v) is 12.1. The van der Waals surface area contributed by atoms with Crippen LogP contribution in [0.2, 0.25) is 0 Å². The molecule has 7 heteroatoms. The van der Waals surface area contributed by atoms with Gasteiger partial charge in [0.1, 0.15) is 10.4 Å². The zero-order chi connectivity index (χ0) is 14.1. The van der Waals surface area contributed by atoms with E-state index in [2.05, 4.69) is 22.4 Å². The lowest BCUT2D eigenvalue weighted by molar-refractivity contribution is 0.0667. The van der Waals surface area contributed by atoms with Gasteiger partial charge in [-0.05, 0) is 19.2 Å². The van der Waals surface area contributed by atoms with E-state index in [0.717, 1.165) is 30.9 Å². The predicted molar refractivity (Wildman–Crippen MR) is 80.6 cm³/mol. The van der Waals surface area contributed by atoms with Crippen molar-refractivity contribution in [2.45, 2.75) is 0 Å². The molecule has 0 aliphatic carbocycles. The van der Waals surface area contributed by atoms with Crippen LogP contribution < -0.4 is 11.2 Å². The number of pyridine rings is 1. The molecular formula is C13H17N5OS. The molecule has 1 aliphatic heterocycles. The fraction of sp³-hybridized carbons (Fsp3) is 0.385. The summed E-state index contributed by atoms with van der Waals surface area (Å²) in [6, 6.07) is 3.77. The van der Waals surface area contributed by atoms with Crippen LogP contribution in [0.1, 0.15) is 9.67 Å². The number of nitrogen functional groups attached to an aromatic ring is 1. The molecule has 1 saturated heterocycles. The first-order valence-corrected chi connectivity index (χ1v) is 7.34. The van der Waals surface area contributed by atoms with Crippen LogP contribution in [0.4, 0.5) is 5.69 Å². The van der Waals surface area contributed by atoms with E-state index in [4.69, 9.17) is 5.73 Å². The monoisotopic (exact) mass is 291 g/mol. The van der Waals surface area contributed by atoms with Crippen molar-refractivity contribution in [2.24, 2.45) is 0 Å². The van der Waals surface area contributed by atoms with Crippen molar-refractivity contribution >= 4 is 33.1 Å². The SMILES string of the molecule is CN1CCN(NC(=O)c2sc3cccnc3c2N)CC1. The maximum atomic E-state index is 12.3. The van der Waals surface area contributed by atoms with Crippen molar-refractivity contribution in [3.63, 3.8) is 0 Å². The Labute approximate surface area is 121 Å². The summed E-state index contributed by atoms with van der Waals surface area (Å²) >= 11 is 1.38. The first kappa shape index (κ1) is 13.3. The molecule has 1 aliphatic rings. The number of nitrogens with one attached hydrogen (secondary N) is 1. The molecule has 0 aromatic carbocycles. The average Bonchev–Trinajstić information content (AvgIpc) is 2.79. The minimum Gasteiger partial charge on any atom is -0.396 e. The number of aromatic nitrogens is 1. The van der Waals surface area contributed by atoms with Crippen LogP contribution in [-0.4, -0.2) is 54.0 Å². The van der Waals surface area contributed by atoms with Gasteiger partial charge < -0.3 is 10.6 Å². The summed E-state index contributed by atoms with van der Waals surface area (Å²) in [5.41, 5.74) is 10.1. The van der Waals surface area contributed by atoms with E-state index in [9.17, 15) is 4.79 Å². The average molecular weight is 291 g/mol. The van der Waals surface area contributed by atoms with E-state index in [-0.39, 0.29) is 5.91 Å². The maximum absolute atomic E-state index is 12.3. The van der Waals surface area contributed by atoms with Gasteiger partial charge in [0.05, 0.1) is 10.4 Å². The summed E-state index contributed by atoms with van der Waals surface area (Å²) in [6.45, 7) is 3.55. The number of fused-ring (bicyclic) bond motifs is 1. The fourth-order valence-electron chi connectivity index (χ4n) is 2.23. The van der Waals surface area contributed by atoms with Gasteiger partial charge in [-0.2, -0.15) is 0 Å². The lowest BCUT2D eigenvalue weighted by Gasteiger charge is -2.32. The topological polar surface area (TPSA) is 74.5 Å². The molecule has 1 amide bonds. The van der Waals surface area contributed by atoms with Crippen molar-refractivity contribution in [3.05, 3.63) is 23.2 Å². The molecule has 106 valence electrons. The van der Waals surface area contributed by atoms with E-state index in [1.807, 2.05) is 17.1 Å². The molecule has 0 radical (unpaired) electrons. The molecule has 0 atom stereocenters.